The third-order valence-corrected chi connectivity index (χ3v) is 2.85. The van der Waals surface area contributed by atoms with Crippen molar-refractivity contribution in [2.45, 2.75) is 13.5 Å². The van der Waals surface area contributed by atoms with Crippen LogP contribution in [0.3, 0.4) is 0 Å². The smallest absolute Gasteiger partial charge is 0.150 e. The standard InChI is InChI=1S/C13H14N4O/c1-2-18-7-10-16-11-8-5-3-4-6-9(8)15-13(14)12(11)17-10/h3-6H,2,7H2,1H3,(H2,14,15)(H,16,17). The summed E-state index contributed by atoms with van der Waals surface area (Å²) in [7, 11) is 0. The molecule has 0 aliphatic rings. The zero-order chi connectivity index (χ0) is 12.5. The van der Waals surface area contributed by atoms with Crippen LogP contribution in [-0.4, -0.2) is 21.6 Å². The van der Waals surface area contributed by atoms with E-state index in [-0.39, 0.29) is 0 Å². The third-order valence-electron chi connectivity index (χ3n) is 2.85. The van der Waals surface area contributed by atoms with Gasteiger partial charge in [-0.15, -0.1) is 0 Å². The van der Waals surface area contributed by atoms with E-state index in [2.05, 4.69) is 15.0 Å². The first-order valence-corrected chi connectivity index (χ1v) is 5.90. The van der Waals surface area contributed by atoms with Crippen molar-refractivity contribution in [1.29, 1.82) is 0 Å². The number of aromatic nitrogens is 3. The number of nitrogens with one attached hydrogen (secondary N) is 1. The van der Waals surface area contributed by atoms with E-state index >= 15 is 0 Å². The Morgan fingerprint density at radius 3 is 2.94 bits per heavy atom. The molecule has 0 aliphatic heterocycles. The monoisotopic (exact) mass is 242 g/mol. The molecular weight excluding hydrogens is 228 g/mol. The molecule has 2 aromatic heterocycles. The lowest BCUT2D eigenvalue weighted by Gasteiger charge is -1.99. The van der Waals surface area contributed by atoms with E-state index < -0.39 is 0 Å². The number of nitrogen functional groups attached to an aromatic ring is 1. The van der Waals surface area contributed by atoms with E-state index in [9.17, 15) is 0 Å². The fraction of sp³-hybridized carbons (Fsp3) is 0.231. The summed E-state index contributed by atoms with van der Waals surface area (Å²) in [5.41, 5.74) is 8.43. The number of para-hydroxylation sites is 1. The van der Waals surface area contributed by atoms with Crippen LogP contribution >= 0.6 is 0 Å². The van der Waals surface area contributed by atoms with E-state index in [0.717, 1.165) is 27.8 Å². The van der Waals surface area contributed by atoms with Crippen molar-refractivity contribution in [1.82, 2.24) is 15.0 Å². The molecule has 0 saturated heterocycles. The Hall–Kier alpha value is -2.14. The average Bonchev–Trinajstić information content (AvgIpc) is 2.81. The number of benzene rings is 1. The SMILES string of the molecule is CCOCc1nc2c([nH]1)c(N)nc1ccccc12. The molecule has 3 aromatic rings. The van der Waals surface area contributed by atoms with E-state index in [4.69, 9.17) is 10.5 Å². The van der Waals surface area contributed by atoms with Crippen molar-refractivity contribution in [2.75, 3.05) is 12.3 Å². The number of hydrogen-bond acceptors (Lipinski definition) is 4. The number of nitrogens with two attached hydrogens (primary N) is 1. The molecule has 0 fully saturated rings. The van der Waals surface area contributed by atoms with Gasteiger partial charge in [0.2, 0.25) is 0 Å². The van der Waals surface area contributed by atoms with Gasteiger partial charge in [-0.2, -0.15) is 0 Å². The van der Waals surface area contributed by atoms with Gasteiger partial charge in [0.15, 0.2) is 0 Å². The van der Waals surface area contributed by atoms with E-state index in [1.54, 1.807) is 0 Å². The summed E-state index contributed by atoms with van der Waals surface area (Å²) in [4.78, 5) is 12.1. The highest BCUT2D eigenvalue weighted by atomic mass is 16.5. The van der Waals surface area contributed by atoms with Gasteiger partial charge in [0.05, 0.1) is 5.52 Å². The molecule has 18 heavy (non-hydrogen) atoms. The van der Waals surface area contributed by atoms with Crippen molar-refractivity contribution in [3.63, 3.8) is 0 Å². The summed E-state index contributed by atoms with van der Waals surface area (Å²) in [5, 5.41) is 1.00. The number of hydrogen-bond donors (Lipinski definition) is 2. The number of rotatable bonds is 3. The lowest BCUT2D eigenvalue weighted by molar-refractivity contribution is 0.129. The van der Waals surface area contributed by atoms with Gasteiger partial charge >= 0.3 is 0 Å². The van der Waals surface area contributed by atoms with Crippen molar-refractivity contribution >= 4 is 27.8 Å². The summed E-state index contributed by atoms with van der Waals surface area (Å²) in [6.45, 7) is 3.07. The predicted octanol–water partition coefficient (Wildman–Crippen LogP) is 2.23. The molecule has 3 rings (SSSR count). The second kappa shape index (κ2) is 4.27. The van der Waals surface area contributed by atoms with Crippen LogP contribution in [0.25, 0.3) is 21.9 Å². The Labute approximate surface area is 104 Å². The van der Waals surface area contributed by atoms with Crippen molar-refractivity contribution < 1.29 is 4.74 Å². The lowest BCUT2D eigenvalue weighted by atomic mass is 10.2. The van der Waals surface area contributed by atoms with Gasteiger partial charge < -0.3 is 15.5 Å². The Bertz CT molecular complexity index is 705. The molecule has 0 saturated carbocycles. The number of aromatic amines is 1. The second-order valence-corrected chi connectivity index (χ2v) is 4.06. The fourth-order valence-electron chi connectivity index (χ4n) is 2.03. The van der Waals surface area contributed by atoms with Crippen LogP contribution in [0.5, 0.6) is 0 Å². The Morgan fingerprint density at radius 1 is 1.28 bits per heavy atom. The van der Waals surface area contributed by atoms with Gasteiger partial charge in [-0.05, 0) is 13.0 Å². The topological polar surface area (TPSA) is 76.8 Å². The van der Waals surface area contributed by atoms with Crippen molar-refractivity contribution in [3.05, 3.63) is 30.1 Å². The number of pyridine rings is 1. The molecule has 0 bridgehead atoms. The molecule has 2 heterocycles. The van der Waals surface area contributed by atoms with Gasteiger partial charge in [-0.25, -0.2) is 9.97 Å². The molecular formula is C13H14N4O. The minimum atomic E-state index is 0.457. The molecule has 0 radical (unpaired) electrons. The first-order valence-electron chi connectivity index (χ1n) is 5.90. The van der Waals surface area contributed by atoms with E-state index in [1.807, 2.05) is 31.2 Å². The molecule has 0 aliphatic carbocycles. The number of H-pyrrole nitrogens is 1. The quantitative estimate of drug-likeness (QED) is 0.738. The largest absolute Gasteiger partial charge is 0.382 e. The molecule has 3 N–H and O–H groups in total. The molecule has 0 unspecified atom stereocenters. The number of fused-ring (bicyclic) bond motifs is 3. The Morgan fingerprint density at radius 2 is 2.11 bits per heavy atom. The lowest BCUT2D eigenvalue weighted by Crippen LogP contribution is -1.94. The number of imidazole rings is 1. The van der Waals surface area contributed by atoms with E-state index in [0.29, 0.717) is 19.0 Å². The Balaban J connectivity index is 2.24. The van der Waals surface area contributed by atoms with Crippen LogP contribution in [0.4, 0.5) is 5.82 Å². The molecule has 0 amide bonds. The average molecular weight is 242 g/mol. The molecule has 0 spiro atoms. The van der Waals surface area contributed by atoms with Crippen LogP contribution in [0.15, 0.2) is 24.3 Å². The highest BCUT2D eigenvalue weighted by molar-refractivity contribution is 6.05. The second-order valence-electron chi connectivity index (χ2n) is 4.06. The van der Waals surface area contributed by atoms with Gasteiger partial charge in [0.25, 0.3) is 0 Å². The van der Waals surface area contributed by atoms with Crippen LogP contribution in [-0.2, 0) is 11.3 Å². The van der Waals surface area contributed by atoms with Gasteiger partial charge in [0, 0.05) is 12.0 Å². The summed E-state index contributed by atoms with van der Waals surface area (Å²) in [6, 6.07) is 7.84. The van der Waals surface area contributed by atoms with Crippen molar-refractivity contribution in [2.24, 2.45) is 0 Å². The zero-order valence-electron chi connectivity index (χ0n) is 10.1. The maximum absolute atomic E-state index is 5.94. The normalized spacial score (nSPS) is 11.4. The highest BCUT2D eigenvalue weighted by Gasteiger charge is 2.10. The molecule has 0 atom stereocenters. The van der Waals surface area contributed by atoms with Crippen LogP contribution < -0.4 is 5.73 Å². The molecule has 5 heteroatoms. The maximum Gasteiger partial charge on any atom is 0.150 e. The summed E-state index contributed by atoms with van der Waals surface area (Å²) in [6.07, 6.45) is 0. The van der Waals surface area contributed by atoms with Gasteiger partial charge in [0.1, 0.15) is 29.3 Å². The minimum Gasteiger partial charge on any atom is -0.382 e. The minimum absolute atomic E-state index is 0.457. The highest BCUT2D eigenvalue weighted by Crippen LogP contribution is 2.25. The van der Waals surface area contributed by atoms with Crippen LogP contribution in [0.2, 0.25) is 0 Å². The summed E-state index contributed by atoms with van der Waals surface area (Å²) >= 11 is 0. The summed E-state index contributed by atoms with van der Waals surface area (Å²) in [5.74, 6) is 1.25. The fourth-order valence-corrected chi connectivity index (χ4v) is 2.03. The first-order chi connectivity index (χ1) is 8.79. The van der Waals surface area contributed by atoms with Gasteiger partial charge in [-0.1, -0.05) is 18.2 Å². The third kappa shape index (κ3) is 1.69. The number of anilines is 1. The summed E-state index contributed by atoms with van der Waals surface area (Å²) < 4.78 is 5.35. The van der Waals surface area contributed by atoms with Crippen LogP contribution in [0, 0.1) is 0 Å². The first kappa shape index (κ1) is 11.0. The van der Waals surface area contributed by atoms with E-state index in [1.165, 1.54) is 0 Å². The molecule has 92 valence electrons. The Kier molecular flexibility index (Phi) is 2.60. The van der Waals surface area contributed by atoms with Gasteiger partial charge in [-0.3, -0.25) is 0 Å². The molecule has 1 aromatic carbocycles. The maximum atomic E-state index is 5.94. The molecule has 5 nitrogen and oxygen atoms in total. The van der Waals surface area contributed by atoms with Crippen molar-refractivity contribution in [3.8, 4) is 0 Å². The zero-order valence-corrected chi connectivity index (χ0v) is 10.1. The van der Waals surface area contributed by atoms with Crippen LogP contribution in [0.1, 0.15) is 12.7 Å². The predicted molar refractivity (Wildman–Crippen MR) is 71.1 cm³/mol. The number of nitrogens with zero attached hydrogens (tertiary/aromatic N) is 2. The number of ether oxygens (including phenoxy) is 1.